The number of benzene rings is 1. The van der Waals surface area contributed by atoms with Gasteiger partial charge in [-0.2, -0.15) is 11.3 Å². The van der Waals surface area contributed by atoms with Crippen molar-refractivity contribution in [2.24, 2.45) is 0 Å². The van der Waals surface area contributed by atoms with E-state index in [9.17, 15) is 18.0 Å². The molecule has 6 nitrogen and oxygen atoms in total. The summed E-state index contributed by atoms with van der Waals surface area (Å²) in [5.41, 5.74) is 0.760. The van der Waals surface area contributed by atoms with Gasteiger partial charge in [-0.15, -0.1) is 0 Å². The molecule has 0 aliphatic heterocycles. The molecule has 0 aliphatic carbocycles. The Bertz CT molecular complexity index is 909. The average Bonchev–Trinajstić information content (AvgIpc) is 3.13. The first-order valence-corrected chi connectivity index (χ1v) is 11.2. The number of hydrogen-bond donors (Lipinski definition) is 2. The summed E-state index contributed by atoms with van der Waals surface area (Å²) in [6, 6.07) is 6.30. The van der Waals surface area contributed by atoms with E-state index in [2.05, 4.69) is 10.6 Å². The second kappa shape index (κ2) is 9.34. The van der Waals surface area contributed by atoms with Crippen molar-refractivity contribution >= 4 is 50.3 Å². The molecule has 146 valence electrons. The topological polar surface area (TPSA) is 92.3 Å². The summed E-state index contributed by atoms with van der Waals surface area (Å²) in [6.45, 7) is 3.45. The number of carbonyl (C=O) groups excluding carboxylic acids is 2. The summed E-state index contributed by atoms with van der Waals surface area (Å²) in [6.07, 6.45) is 0.562. The highest BCUT2D eigenvalue weighted by molar-refractivity contribution is 7.92. The molecule has 0 spiro atoms. The van der Waals surface area contributed by atoms with E-state index in [0.717, 1.165) is 0 Å². The lowest BCUT2D eigenvalue weighted by molar-refractivity contribution is -0.116. The lowest BCUT2D eigenvalue weighted by atomic mass is 10.2. The number of halogens is 1. The summed E-state index contributed by atoms with van der Waals surface area (Å²) in [4.78, 5) is 23.9. The van der Waals surface area contributed by atoms with Gasteiger partial charge < -0.3 is 10.6 Å². The molecule has 2 aromatic rings. The van der Waals surface area contributed by atoms with Gasteiger partial charge in [-0.3, -0.25) is 9.59 Å². The van der Waals surface area contributed by atoms with Crippen molar-refractivity contribution in [1.29, 1.82) is 0 Å². The molecule has 1 heterocycles. The first-order valence-electron chi connectivity index (χ1n) is 8.36. The number of rotatable bonds is 8. The van der Waals surface area contributed by atoms with Crippen molar-refractivity contribution < 1.29 is 18.0 Å². The molecule has 0 saturated heterocycles. The highest BCUT2D eigenvalue weighted by Gasteiger charge is 2.26. The number of carbonyl (C=O) groups is 2. The molecule has 0 radical (unpaired) electrons. The van der Waals surface area contributed by atoms with Crippen LogP contribution < -0.4 is 10.6 Å². The summed E-state index contributed by atoms with van der Waals surface area (Å²) >= 11 is 7.51. The molecule has 0 bridgehead atoms. The molecule has 0 unspecified atom stereocenters. The molecule has 0 saturated carbocycles. The Morgan fingerprint density at radius 1 is 1.22 bits per heavy atom. The second-order valence-corrected chi connectivity index (χ2v) is 9.76. The molecular weight excluding hydrogens is 408 g/mol. The van der Waals surface area contributed by atoms with Crippen molar-refractivity contribution in [2.45, 2.75) is 36.8 Å². The fourth-order valence-corrected chi connectivity index (χ4v) is 4.66. The smallest absolute Gasteiger partial charge is 0.252 e. The molecular formula is C18H21ClN2O4S2. The van der Waals surface area contributed by atoms with E-state index < -0.39 is 15.1 Å². The maximum atomic E-state index is 12.5. The summed E-state index contributed by atoms with van der Waals surface area (Å²) in [5.74, 6) is -0.529. The normalized spacial score (nSPS) is 11.4. The molecule has 1 aromatic heterocycles. The van der Waals surface area contributed by atoms with Crippen LogP contribution in [0.5, 0.6) is 0 Å². The Morgan fingerprint density at radius 3 is 2.59 bits per heavy atom. The number of hydrogen-bond acceptors (Lipinski definition) is 5. The Kier molecular flexibility index (Phi) is 7.41. The Balaban J connectivity index is 1.94. The van der Waals surface area contributed by atoms with Gasteiger partial charge in [0.1, 0.15) is 4.90 Å². The van der Waals surface area contributed by atoms with Gasteiger partial charge in [-0.25, -0.2) is 8.42 Å². The zero-order valence-electron chi connectivity index (χ0n) is 15.0. The van der Waals surface area contributed by atoms with E-state index >= 15 is 0 Å². The molecule has 0 aliphatic rings. The van der Waals surface area contributed by atoms with E-state index in [4.69, 9.17) is 11.6 Å². The zero-order valence-corrected chi connectivity index (χ0v) is 17.4. The van der Waals surface area contributed by atoms with Crippen LogP contribution in [0.15, 0.2) is 39.9 Å². The predicted octanol–water partition coefficient (Wildman–Crippen LogP) is 3.73. The maximum absolute atomic E-state index is 12.5. The van der Waals surface area contributed by atoms with E-state index in [1.165, 1.54) is 23.5 Å². The van der Waals surface area contributed by atoms with Crippen LogP contribution in [0.25, 0.3) is 0 Å². The van der Waals surface area contributed by atoms with Crippen LogP contribution in [0, 0.1) is 0 Å². The van der Waals surface area contributed by atoms with E-state index in [-0.39, 0.29) is 33.8 Å². The van der Waals surface area contributed by atoms with Crippen molar-refractivity contribution in [3.05, 3.63) is 45.6 Å². The van der Waals surface area contributed by atoms with Gasteiger partial charge >= 0.3 is 0 Å². The van der Waals surface area contributed by atoms with Crippen molar-refractivity contribution in [3.63, 3.8) is 0 Å². The van der Waals surface area contributed by atoms with E-state index in [1.54, 1.807) is 31.4 Å². The van der Waals surface area contributed by atoms with Gasteiger partial charge in [0.2, 0.25) is 5.91 Å². The molecule has 0 fully saturated rings. The van der Waals surface area contributed by atoms with Crippen molar-refractivity contribution in [3.8, 4) is 0 Å². The third-order valence-corrected chi connectivity index (χ3v) is 7.16. The maximum Gasteiger partial charge on any atom is 0.252 e. The molecule has 1 aromatic carbocycles. The monoisotopic (exact) mass is 428 g/mol. The standard InChI is InChI=1S/C18H21ClN2O4S2/c1-12(2)27(24,25)17-14(19)5-3-6-15(17)21-16(22)7-4-9-20-18(23)13-8-10-26-11-13/h3,5-6,8,10-12H,4,7,9H2,1-2H3,(H,20,23)(H,21,22). The Labute approximate surface area is 167 Å². The minimum absolute atomic E-state index is 0.0687. The first-order chi connectivity index (χ1) is 12.7. The average molecular weight is 429 g/mol. The molecule has 9 heteroatoms. The molecule has 2 amide bonds. The number of thiophene rings is 1. The summed E-state index contributed by atoms with van der Waals surface area (Å²) < 4.78 is 25.0. The third-order valence-electron chi connectivity index (χ3n) is 3.80. The van der Waals surface area contributed by atoms with Gasteiger partial charge in [0.15, 0.2) is 9.84 Å². The second-order valence-electron chi connectivity index (χ2n) is 6.13. The number of anilines is 1. The minimum Gasteiger partial charge on any atom is -0.352 e. The number of amides is 2. The minimum atomic E-state index is -3.65. The zero-order chi connectivity index (χ0) is 20.0. The predicted molar refractivity (Wildman–Crippen MR) is 108 cm³/mol. The van der Waals surface area contributed by atoms with Gasteiger partial charge in [-0.1, -0.05) is 17.7 Å². The molecule has 2 N–H and O–H groups in total. The first kappa shape index (κ1) is 21.4. The highest BCUT2D eigenvalue weighted by Crippen LogP contribution is 2.32. The molecule has 0 atom stereocenters. The summed E-state index contributed by atoms with van der Waals surface area (Å²) in [7, 11) is -3.65. The number of sulfone groups is 1. The lowest BCUT2D eigenvalue weighted by Gasteiger charge is -2.15. The fourth-order valence-electron chi connectivity index (χ4n) is 2.29. The Morgan fingerprint density at radius 2 is 1.96 bits per heavy atom. The van der Waals surface area contributed by atoms with Crippen LogP contribution in [0.2, 0.25) is 5.02 Å². The van der Waals surface area contributed by atoms with Gasteiger partial charge in [0.25, 0.3) is 5.91 Å². The third kappa shape index (κ3) is 5.54. The van der Waals surface area contributed by atoms with Crippen molar-refractivity contribution in [2.75, 3.05) is 11.9 Å². The van der Waals surface area contributed by atoms with Crippen LogP contribution in [-0.4, -0.2) is 32.0 Å². The van der Waals surface area contributed by atoms with Gasteiger partial charge in [0, 0.05) is 23.9 Å². The van der Waals surface area contributed by atoms with E-state index in [1.807, 2.05) is 5.38 Å². The largest absolute Gasteiger partial charge is 0.352 e. The van der Waals surface area contributed by atoms with Crippen molar-refractivity contribution in [1.82, 2.24) is 5.32 Å². The fraction of sp³-hybridized carbons (Fsp3) is 0.333. The van der Waals surface area contributed by atoms with Crippen LogP contribution in [0.3, 0.4) is 0 Å². The van der Waals surface area contributed by atoms with Crippen LogP contribution >= 0.6 is 22.9 Å². The molecule has 27 heavy (non-hydrogen) atoms. The van der Waals surface area contributed by atoms with Crippen LogP contribution in [-0.2, 0) is 14.6 Å². The SMILES string of the molecule is CC(C)S(=O)(=O)c1c(Cl)cccc1NC(=O)CCCNC(=O)c1ccsc1. The number of nitrogens with one attached hydrogen (secondary N) is 2. The van der Waals surface area contributed by atoms with Crippen LogP contribution in [0.4, 0.5) is 5.69 Å². The lowest BCUT2D eigenvalue weighted by Crippen LogP contribution is -2.25. The van der Waals surface area contributed by atoms with Crippen LogP contribution in [0.1, 0.15) is 37.0 Å². The highest BCUT2D eigenvalue weighted by atomic mass is 35.5. The van der Waals surface area contributed by atoms with Gasteiger partial charge in [0.05, 0.1) is 16.0 Å². The summed E-state index contributed by atoms with van der Waals surface area (Å²) in [5, 5.41) is 8.32. The Hall–Kier alpha value is -1.90. The van der Waals surface area contributed by atoms with Gasteiger partial charge in [-0.05, 0) is 43.8 Å². The molecule has 2 rings (SSSR count). The quantitative estimate of drug-likeness (QED) is 0.626. The van der Waals surface area contributed by atoms with E-state index in [0.29, 0.717) is 18.5 Å².